The number of non-ortho nitro benzene ring substituents is 1. The Kier molecular flexibility index (Phi) is 8.67. The summed E-state index contributed by atoms with van der Waals surface area (Å²) in [5.74, 6) is -0.619. The summed E-state index contributed by atoms with van der Waals surface area (Å²) in [6, 6.07) is 9.56. The number of hydrogen-bond donors (Lipinski definition) is 5. The standard InChI is InChI=1S/C22H21N7O6S3/c30-9-1-8-28(22(33)27-26-21(36)23-12-2-4-13(5-3-12)29(34)35)14-6-7-15-17(10-14)38-19(24-15)18-25-16(11-37-18)20(31)32/h2-7,10,16,30H,1,8-9,11H2,(H,27,33)(H,31,32)(H2,23,26,36)/t16-/m1/s1. The number of nitro groups is 1. The Hall–Kier alpha value is -3.86. The highest BCUT2D eigenvalue weighted by Crippen LogP contribution is 2.32. The number of carbonyl (C=O) groups is 2. The van der Waals surface area contributed by atoms with Gasteiger partial charge in [-0.3, -0.25) is 25.4 Å². The minimum Gasteiger partial charge on any atom is -0.480 e. The number of aliphatic hydroxyl groups is 1. The van der Waals surface area contributed by atoms with E-state index in [0.717, 1.165) is 4.70 Å². The highest BCUT2D eigenvalue weighted by atomic mass is 32.2. The minimum absolute atomic E-state index is 0.0614. The van der Waals surface area contributed by atoms with E-state index in [9.17, 15) is 29.9 Å². The van der Waals surface area contributed by atoms with Crippen LogP contribution in [0.5, 0.6) is 0 Å². The van der Waals surface area contributed by atoms with Crippen molar-refractivity contribution in [2.75, 3.05) is 29.1 Å². The number of nitrogens with one attached hydrogen (secondary N) is 3. The second-order valence-corrected chi connectivity index (χ2v) is 10.3. The number of nitrogens with zero attached hydrogens (tertiary/aromatic N) is 4. The first-order chi connectivity index (χ1) is 18.2. The number of aliphatic hydroxyl groups excluding tert-OH is 1. The average molecular weight is 576 g/mol. The number of carboxylic acids is 1. The number of thioether (sulfide) groups is 1. The van der Waals surface area contributed by atoms with E-state index in [2.05, 4.69) is 26.1 Å². The zero-order valence-corrected chi connectivity index (χ0v) is 21.9. The van der Waals surface area contributed by atoms with Crippen LogP contribution in [0.4, 0.5) is 21.9 Å². The van der Waals surface area contributed by atoms with Crippen LogP contribution in [-0.2, 0) is 4.79 Å². The molecule has 0 saturated heterocycles. The van der Waals surface area contributed by atoms with Gasteiger partial charge in [0.1, 0.15) is 10.1 Å². The van der Waals surface area contributed by atoms with Crippen LogP contribution in [0.25, 0.3) is 10.2 Å². The van der Waals surface area contributed by atoms with E-state index in [1.165, 1.54) is 52.3 Å². The first-order valence-corrected chi connectivity index (χ1v) is 13.3. The summed E-state index contributed by atoms with van der Waals surface area (Å²) >= 11 is 7.88. The number of amides is 2. The Labute approximate surface area is 229 Å². The number of nitro benzene ring substituents is 1. The number of fused-ring (bicyclic) bond motifs is 1. The lowest BCUT2D eigenvalue weighted by Crippen LogP contribution is -2.50. The molecule has 38 heavy (non-hydrogen) atoms. The lowest BCUT2D eigenvalue weighted by atomic mass is 10.2. The van der Waals surface area contributed by atoms with Crippen molar-refractivity contribution in [3.05, 3.63) is 57.6 Å². The summed E-state index contributed by atoms with van der Waals surface area (Å²) in [5.41, 5.74) is 6.77. The van der Waals surface area contributed by atoms with Crippen LogP contribution in [0.3, 0.4) is 0 Å². The third kappa shape index (κ3) is 6.52. The number of hydrogen-bond acceptors (Lipinski definition) is 10. The molecule has 0 radical (unpaired) electrons. The number of rotatable bonds is 8. The molecule has 198 valence electrons. The van der Waals surface area contributed by atoms with Gasteiger partial charge < -0.3 is 15.5 Å². The van der Waals surface area contributed by atoms with E-state index in [0.29, 0.717) is 39.1 Å². The number of aromatic nitrogens is 1. The maximum Gasteiger partial charge on any atom is 0.340 e. The molecule has 4 rings (SSSR count). The molecule has 2 aromatic carbocycles. The largest absolute Gasteiger partial charge is 0.480 e. The van der Waals surface area contributed by atoms with Crippen LogP contribution < -0.4 is 21.1 Å². The van der Waals surface area contributed by atoms with E-state index in [1.807, 2.05) is 0 Å². The van der Waals surface area contributed by atoms with Gasteiger partial charge in [-0.25, -0.2) is 20.0 Å². The third-order valence-electron chi connectivity index (χ3n) is 5.21. The van der Waals surface area contributed by atoms with Crippen molar-refractivity contribution >= 4 is 84.8 Å². The van der Waals surface area contributed by atoms with E-state index < -0.39 is 23.0 Å². The monoisotopic (exact) mass is 575 g/mol. The van der Waals surface area contributed by atoms with Gasteiger partial charge in [0.15, 0.2) is 11.2 Å². The van der Waals surface area contributed by atoms with Crippen molar-refractivity contribution in [1.82, 2.24) is 15.8 Å². The zero-order valence-electron chi connectivity index (χ0n) is 19.5. The van der Waals surface area contributed by atoms with Crippen molar-refractivity contribution in [2.24, 2.45) is 4.99 Å². The van der Waals surface area contributed by atoms with E-state index in [4.69, 9.17) is 12.2 Å². The number of aliphatic imine (C=N–C) groups is 1. The number of aliphatic carboxylic acids is 1. The van der Waals surface area contributed by atoms with Crippen molar-refractivity contribution in [3.8, 4) is 0 Å². The quantitative estimate of drug-likeness (QED) is 0.151. The summed E-state index contributed by atoms with van der Waals surface area (Å²) < 4.78 is 0.782. The van der Waals surface area contributed by atoms with Crippen molar-refractivity contribution in [2.45, 2.75) is 12.5 Å². The van der Waals surface area contributed by atoms with Crippen LogP contribution in [0.15, 0.2) is 47.5 Å². The molecule has 2 amide bonds. The molecular formula is C22H21N7O6S3. The molecule has 1 aliphatic rings. The van der Waals surface area contributed by atoms with Crippen LogP contribution in [0.2, 0.25) is 0 Å². The Bertz CT molecular complexity index is 1410. The molecular weight excluding hydrogens is 554 g/mol. The van der Waals surface area contributed by atoms with Crippen LogP contribution >= 0.6 is 35.3 Å². The van der Waals surface area contributed by atoms with Gasteiger partial charge in [0.25, 0.3) is 5.69 Å². The molecule has 13 nitrogen and oxygen atoms in total. The molecule has 0 unspecified atom stereocenters. The molecule has 0 fully saturated rings. The topological polar surface area (TPSA) is 182 Å². The number of carbonyl (C=O) groups excluding carboxylic acids is 1. The molecule has 16 heteroatoms. The highest BCUT2D eigenvalue weighted by Gasteiger charge is 2.27. The summed E-state index contributed by atoms with van der Waals surface area (Å²) in [7, 11) is 0. The number of urea groups is 1. The van der Waals surface area contributed by atoms with Crippen molar-refractivity contribution < 1.29 is 24.7 Å². The normalized spacial score (nSPS) is 14.6. The number of hydrazine groups is 1. The summed E-state index contributed by atoms with van der Waals surface area (Å²) in [5, 5.41) is 33.4. The second-order valence-electron chi connectivity index (χ2n) is 7.81. The van der Waals surface area contributed by atoms with E-state index >= 15 is 0 Å². The molecule has 1 atom stereocenters. The van der Waals surface area contributed by atoms with E-state index in [-0.39, 0.29) is 24.0 Å². The van der Waals surface area contributed by atoms with Gasteiger partial charge in [-0.05, 0) is 49.0 Å². The van der Waals surface area contributed by atoms with Crippen LogP contribution in [0, 0.1) is 10.1 Å². The van der Waals surface area contributed by atoms with Crippen molar-refractivity contribution in [1.29, 1.82) is 0 Å². The number of benzene rings is 2. The van der Waals surface area contributed by atoms with E-state index in [1.54, 1.807) is 18.2 Å². The maximum atomic E-state index is 13.0. The lowest BCUT2D eigenvalue weighted by molar-refractivity contribution is -0.384. The van der Waals surface area contributed by atoms with Gasteiger partial charge in [-0.15, -0.1) is 23.1 Å². The van der Waals surface area contributed by atoms with Gasteiger partial charge in [0, 0.05) is 42.4 Å². The first-order valence-electron chi connectivity index (χ1n) is 11.1. The second kappa shape index (κ2) is 12.1. The summed E-state index contributed by atoms with van der Waals surface area (Å²) in [4.78, 5) is 44.7. The van der Waals surface area contributed by atoms with Crippen LogP contribution in [0.1, 0.15) is 11.4 Å². The Morgan fingerprint density at radius 1 is 1.21 bits per heavy atom. The molecule has 1 aliphatic heterocycles. The van der Waals surface area contributed by atoms with Gasteiger partial charge >= 0.3 is 12.0 Å². The fraction of sp³-hybridized carbons (Fsp3) is 0.227. The Morgan fingerprint density at radius 3 is 2.63 bits per heavy atom. The maximum absolute atomic E-state index is 13.0. The minimum atomic E-state index is -0.975. The molecule has 0 saturated carbocycles. The predicted molar refractivity (Wildman–Crippen MR) is 150 cm³/mol. The fourth-order valence-corrected chi connectivity index (χ4v) is 5.64. The predicted octanol–water partition coefficient (Wildman–Crippen LogP) is 2.95. The first kappa shape index (κ1) is 27.2. The van der Waals surface area contributed by atoms with Crippen LogP contribution in [-0.4, -0.2) is 67.2 Å². The number of thiocarbonyl (C=S) groups is 1. The number of anilines is 2. The number of thiazole rings is 1. The van der Waals surface area contributed by atoms with Gasteiger partial charge in [-0.2, -0.15) is 0 Å². The molecule has 0 bridgehead atoms. The molecule has 0 spiro atoms. The molecule has 0 aliphatic carbocycles. The smallest absolute Gasteiger partial charge is 0.340 e. The third-order valence-corrected chi connectivity index (χ3v) is 7.62. The molecule has 1 aromatic heterocycles. The summed E-state index contributed by atoms with van der Waals surface area (Å²) in [6.07, 6.45) is 0.328. The zero-order chi connectivity index (χ0) is 27.2. The lowest BCUT2D eigenvalue weighted by Gasteiger charge is -2.23. The average Bonchev–Trinajstić information content (AvgIpc) is 3.55. The number of carboxylic acid groups (broad SMARTS) is 1. The fourth-order valence-electron chi connectivity index (χ4n) is 3.37. The van der Waals surface area contributed by atoms with Crippen molar-refractivity contribution in [3.63, 3.8) is 0 Å². The van der Waals surface area contributed by atoms with Gasteiger partial charge in [0.2, 0.25) is 0 Å². The van der Waals surface area contributed by atoms with Gasteiger partial charge in [0.05, 0.1) is 15.1 Å². The molecule has 3 aromatic rings. The SMILES string of the molecule is O=C(O)[C@H]1CSC(c2nc3ccc(N(CCCO)C(=O)NNC(=S)Nc4ccc([N+](=O)[O-])cc4)cc3s2)=N1. The Balaban J connectivity index is 1.44. The highest BCUT2D eigenvalue weighted by molar-refractivity contribution is 8.15. The Morgan fingerprint density at radius 2 is 1.97 bits per heavy atom. The summed E-state index contributed by atoms with van der Waals surface area (Å²) in [6.45, 7) is 0.0959. The molecule has 2 heterocycles. The molecule has 5 N–H and O–H groups in total. The van der Waals surface area contributed by atoms with Gasteiger partial charge in [-0.1, -0.05) is 0 Å².